The summed E-state index contributed by atoms with van der Waals surface area (Å²) in [6.45, 7) is 6.03. The molecule has 4 rings (SSSR count). The number of aryl methyl sites for hydroxylation is 2. The summed E-state index contributed by atoms with van der Waals surface area (Å²) in [4.78, 5) is 20.0. The molecule has 0 bridgehead atoms. The summed E-state index contributed by atoms with van der Waals surface area (Å²) in [6.07, 6.45) is 7.58. The molecule has 1 saturated heterocycles. The average molecular weight is 410 g/mol. The maximum absolute atomic E-state index is 12.5. The Labute approximate surface area is 175 Å². The SMILES string of the molecule is Cc1ccc(CN2CCC(CNC(=O)c3cnc(-c4cnn(C)c4)s3)CC2)cc1. The van der Waals surface area contributed by atoms with Crippen molar-refractivity contribution in [2.24, 2.45) is 13.0 Å². The van der Waals surface area contributed by atoms with Crippen LogP contribution < -0.4 is 5.32 Å². The Morgan fingerprint density at radius 3 is 2.66 bits per heavy atom. The van der Waals surface area contributed by atoms with E-state index in [1.165, 1.54) is 22.5 Å². The van der Waals surface area contributed by atoms with Crippen LogP contribution in [0.15, 0.2) is 42.9 Å². The quantitative estimate of drug-likeness (QED) is 0.677. The third kappa shape index (κ3) is 5.10. The number of aromatic nitrogens is 3. The highest BCUT2D eigenvalue weighted by Gasteiger charge is 2.20. The van der Waals surface area contributed by atoms with Crippen LogP contribution >= 0.6 is 11.3 Å². The molecule has 1 aliphatic rings. The van der Waals surface area contributed by atoms with Crippen molar-refractivity contribution in [1.29, 1.82) is 0 Å². The van der Waals surface area contributed by atoms with E-state index >= 15 is 0 Å². The highest BCUT2D eigenvalue weighted by Crippen LogP contribution is 2.25. The fourth-order valence-corrected chi connectivity index (χ4v) is 4.48. The lowest BCUT2D eigenvalue weighted by Crippen LogP contribution is -2.38. The van der Waals surface area contributed by atoms with E-state index in [0.29, 0.717) is 10.8 Å². The van der Waals surface area contributed by atoms with E-state index in [4.69, 9.17) is 0 Å². The number of carbonyl (C=O) groups excluding carboxylic acids is 1. The van der Waals surface area contributed by atoms with E-state index in [1.807, 2.05) is 13.2 Å². The van der Waals surface area contributed by atoms with E-state index in [0.717, 1.165) is 49.6 Å². The molecule has 0 radical (unpaired) electrons. The largest absolute Gasteiger partial charge is 0.351 e. The number of hydrogen-bond acceptors (Lipinski definition) is 5. The summed E-state index contributed by atoms with van der Waals surface area (Å²) in [5.41, 5.74) is 3.62. The number of benzene rings is 1. The predicted molar refractivity (Wildman–Crippen MR) is 116 cm³/mol. The van der Waals surface area contributed by atoms with Crippen LogP contribution in [0.5, 0.6) is 0 Å². The summed E-state index contributed by atoms with van der Waals surface area (Å²) in [7, 11) is 1.87. The lowest BCUT2D eigenvalue weighted by molar-refractivity contribution is 0.0939. The summed E-state index contributed by atoms with van der Waals surface area (Å²) in [5.74, 6) is 0.513. The monoisotopic (exact) mass is 409 g/mol. The molecular weight excluding hydrogens is 382 g/mol. The second kappa shape index (κ2) is 8.88. The average Bonchev–Trinajstić information content (AvgIpc) is 3.38. The second-order valence-electron chi connectivity index (χ2n) is 7.85. The van der Waals surface area contributed by atoms with Crippen LogP contribution in [0.2, 0.25) is 0 Å². The van der Waals surface area contributed by atoms with Gasteiger partial charge in [0.2, 0.25) is 0 Å². The van der Waals surface area contributed by atoms with Gasteiger partial charge in [0.15, 0.2) is 0 Å². The summed E-state index contributed by atoms with van der Waals surface area (Å²) >= 11 is 1.41. The molecule has 1 fully saturated rings. The molecule has 1 N–H and O–H groups in total. The number of nitrogens with zero attached hydrogens (tertiary/aromatic N) is 4. The van der Waals surface area contributed by atoms with Gasteiger partial charge in [-0.15, -0.1) is 11.3 Å². The molecule has 2 aromatic heterocycles. The highest BCUT2D eigenvalue weighted by atomic mass is 32.1. The predicted octanol–water partition coefficient (Wildman–Crippen LogP) is 3.49. The van der Waals surface area contributed by atoms with Crippen LogP contribution in [0, 0.1) is 12.8 Å². The van der Waals surface area contributed by atoms with E-state index in [1.54, 1.807) is 17.1 Å². The molecule has 1 amide bonds. The zero-order valence-corrected chi connectivity index (χ0v) is 17.8. The van der Waals surface area contributed by atoms with Crippen molar-refractivity contribution in [3.63, 3.8) is 0 Å². The van der Waals surface area contributed by atoms with Crippen LogP contribution in [0.4, 0.5) is 0 Å². The van der Waals surface area contributed by atoms with Gasteiger partial charge in [-0.25, -0.2) is 4.98 Å². The molecule has 0 spiro atoms. The van der Waals surface area contributed by atoms with Crippen molar-refractivity contribution in [2.45, 2.75) is 26.3 Å². The Balaban J connectivity index is 1.22. The molecule has 3 aromatic rings. The number of amides is 1. The number of likely N-dealkylation sites (tertiary alicyclic amines) is 1. The standard InChI is InChI=1S/C22H27N5OS/c1-16-3-5-18(6-4-16)14-27-9-7-17(8-10-27)11-23-21(28)20-13-24-22(29-20)19-12-25-26(2)15-19/h3-6,12-13,15,17H,7-11,14H2,1-2H3,(H,23,28). The van der Waals surface area contributed by atoms with E-state index in [-0.39, 0.29) is 5.91 Å². The van der Waals surface area contributed by atoms with Gasteiger partial charge >= 0.3 is 0 Å². The molecule has 0 aliphatic carbocycles. The first-order chi connectivity index (χ1) is 14.1. The first-order valence-corrected chi connectivity index (χ1v) is 10.9. The molecule has 3 heterocycles. The third-order valence-corrected chi connectivity index (χ3v) is 6.51. The lowest BCUT2D eigenvalue weighted by Gasteiger charge is -2.32. The fourth-order valence-electron chi connectivity index (χ4n) is 3.67. The Bertz CT molecular complexity index is 954. The molecule has 0 saturated carbocycles. The highest BCUT2D eigenvalue weighted by molar-refractivity contribution is 7.16. The molecule has 29 heavy (non-hydrogen) atoms. The van der Waals surface area contributed by atoms with Crippen molar-refractivity contribution in [2.75, 3.05) is 19.6 Å². The van der Waals surface area contributed by atoms with Gasteiger partial charge in [0.1, 0.15) is 9.88 Å². The zero-order chi connectivity index (χ0) is 20.2. The second-order valence-corrected chi connectivity index (χ2v) is 8.88. The number of thiazole rings is 1. The number of carbonyl (C=O) groups is 1. The molecule has 6 nitrogen and oxygen atoms in total. The van der Waals surface area contributed by atoms with E-state index < -0.39 is 0 Å². The fraction of sp³-hybridized carbons (Fsp3) is 0.409. The van der Waals surface area contributed by atoms with Gasteiger partial charge < -0.3 is 5.32 Å². The van der Waals surface area contributed by atoms with Crippen LogP contribution in [0.25, 0.3) is 10.6 Å². The molecule has 1 aromatic carbocycles. The molecule has 0 atom stereocenters. The molecular formula is C22H27N5OS. The maximum atomic E-state index is 12.5. The van der Waals surface area contributed by atoms with Crippen molar-refractivity contribution in [1.82, 2.24) is 25.0 Å². The Hall–Kier alpha value is -2.51. The smallest absolute Gasteiger partial charge is 0.263 e. The van der Waals surface area contributed by atoms with Gasteiger partial charge in [-0.1, -0.05) is 29.8 Å². The number of nitrogens with one attached hydrogen (secondary N) is 1. The first-order valence-electron chi connectivity index (χ1n) is 10.1. The van der Waals surface area contributed by atoms with Gasteiger partial charge in [0.25, 0.3) is 5.91 Å². The number of rotatable bonds is 6. The maximum Gasteiger partial charge on any atom is 0.263 e. The Kier molecular flexibility index (Phi) is 6.06. The topological polar surface area (TPSA) is 63.1 Å². The van der Waals surface area contributed by atoms with Gasteiger partial charge in [0, 0.05) is 31.9 Å². The minimum atomic E-state index is -0.0280. The molecule has 7 heteroatoms. The molecule has 152 valence electrons. The summed E-state index contributed by atoms with van der Waals surface area (Å²) in [6, 6.07) is 8.79. The number of hydrogen-bond donors (Lipinski definition) is 1. The lowest BCUT2D eigenvalue weighted by atomic mass is 9.96. The van der Waals surface area contributed by atoms with Crippen molar-refractivity contribution in [3.05, 3.63) is 58.9 Å². The number of piperidine rings is 1. The van der Waals surface area contributed by atoms with Crippen molar-refractivity contribution < 1.29 is 4.79 Å². The van der Waals surface area contributed by atoms with Crippen LogP contribution in [0.1, 0.15) is 33.6 Å². The minimum Gasteiger partial charge on any atom is -0.351 e. The van der Waals surface area contributed by atoms with E-state index in [9.17, 15) is 4.79 Å². The van der Waals surface area contributed by atoms with Crippen LogP contribution in [-0.4, -0.2) is 45.2 Å². The van der Waals surface area contributed by atoms with E-state index in [2.05, 4.69) is 51.5 Å². The van der Waals surface area contributed by atoms with Gasteiger partial charge in [-0.3, -0.25) is 14.4 Å². The minimum absolute atomic E-state index is 0.0280. The first kappa shape index (κ1) is 19.8. The molecule has 1 aliphatic heterocycles. The Morgan fingerprint density at radius 2 is 1.97 bits per heavy atom. The summed E-state index contributed by atoms with van der Waals surface area (Å²) < 4.78 is 1.74. The third-order valence-electron chi connectivity index (χ3n) is 5.47. The zero-order valence-electron chi connectivity index (χ0n) is 17.0. The van der Waals surface area contributed by atoms with Gasteiger partial charge in [-0.05, 0) is 44.3 Å². The van der Waals surface area contributed by atoms with Crippen LogP contribution in [-0.2, 0) is 13.6 Å². The van der Waals surface area contributed by atoms with Crippen molar-refractivity contribution >= 4 is 17.2 Å². The van der Waals surface area contributed by atoms with Crippen LogP contribution in [0.3, 0.4) is 0 Å². The van der Waals surface area contributed by atoms with Gasteiger partial charge in [0.05, 0.1) is 12.4 Å². The van der Waals surface area contributed by atoms with Gasteiger partial charge in [-0.2, -0.15) is 5.10 Å². The normalized spacial score (nSPS) is 15.5. The Morgan fingerprint density at radius 1 is 1.21 bits per heavy atom. The van der Waals surface area contributed by atoms with Crippen molar-refractivity contribution in [3.8, 4) is 10.6 Å². The summed E-state index contributed by atoms with van der Waals surface area (Å²) in [5, 5.41) is 8.09. The molecule has 0 unspecified atom stereocenters.